The highest BCUT2D eigenvalue weighted by Gasteiger charge is 2.22. The fourth-order valence-electron chi connectivity index (χ4n) is 2.23. The Hall–Kier alpha value is -1.05. The molecule has 0 aromatic heterocycles. The first-order valence-electron chi connectivity index (χ1n) is 8.29. The second-order valence-corrected chi connectivity index (χ2v) is 8.33. The van der Waals surface area contributed by atoms with E-state index in [1.54, 1.807) is 18.2 Å². The number of amides is 1. The molecular weight excluding hydrogens is 588 g/mol. The molecule has 0 aliphatic heterocycles. The van der Waals surface area contributed by atoms with Gasteiger partial charge in [0.05, 0.1) is 46.3 Å². The van der Waals surface area contributed by atoms with Gasteiger partial charge in [0.2, 0.25) is 0 Å². The predicted octanol–water partition coefficient (Wildman–Crippen LogP) is 3.83. The van der Waals surface area contributed by atoms with Gasteiger partial charge in [-0.2, -0.15) is 0 Å². The Labute approximate surface area is 192 Å². The molecule has 2 aromatic carbocycles. The molecule has 0 fully saturated rings. The number of benzene rings is 2. The van der Waals surface area contributed by atoms with Crippen LogP contribution in [0.15, 0.2) is 28.7 Å². The lowest BCUT2D eigenvalue weighted by molar-refractivity contribution is 0.00740. The number of hydrogen-bond acceptors (Lipinski definition) is 5. The highest BCUT2D eigenvalue weighted by Crippen LogP contribution is 2.34. The first-order valence-corrected chi connectivity index (χ1v) is 10.5. The normalized spacial score (nSPS) is 12.0. The van der Waals surface area contributed by atoms with Gasteiger partial charge < -0.3 is 25.6 Å². The van der Waals surface area contributed by atoms with E-state index in [2.05, 4.69) is 49.2 Å². The van der Waals surface area contributed by atoms with E-state index in [1.165, 1.54) is 0 Å². The third-order valence-corrected chi connectivity index (χ3v) is 5.21. The Kier molecular flexibility index (Phi) is 9.50. The van der Waals surface area contributed by atoms with Crippen LogP contribution in [0.4, 0.5) is 20.2 Å². The Balaban J connectivity index is 2.19. The van der Waals surface area contributed by atoms with E-state index in [4.69, 9.17) is 21.4 Å². The van der Waals surface area contributed by atoms with Gasteiger partial charge in [-0.3, -0.25) is 4.79 Å². The minimum Gasteiger partial charge on any atom is -0.394 e. The fourth-order valence-corrected chi connectivity index (χ4v) is 3.53. The number of rotatable bonds is 9. The number of ether oxygens (including phenoxy) is 1. The van der Waals surface area contributed by atoms with Gasteiger partial charge in [0.25, 0.3) is 5.91 Å². The van der Waals surface area contributed by atoms with Crippen LogP contribution in [0.1, 0.15) is 10.4 Å². The summed E-state index contributed by atoms with van der Waals surface area (Å²) in [4.78, 5) is 12.5. The number of aliphatic hydroxyl groups is 2. The van der Waals surface area contributed by atoms with E-state index in [-0.39, 0.29) is 40.5 Å². The summed E-state index contributed by atoms with van der Waals surface area (Å²) >= 11 is 11.1. The summed E-state index contributed by atoms with van der Waals surface area (Å²) in [5.74, 6) is -3.05. The van der Waals surface area contributed by atoms with Crippen molar-refractivity contribution in [2.75, 3.05) is 31.7 Å². The molecule has 0 heterocycles. The number of halogens is 5. The lowest BCUT2D eigenvalue weighted by Gasteiger charge is -2.16. The maximum absolute atomic E-state index is 14.6. The molecule has 0 saturated heterocycles. The number of hydrogen-bond donors (Lipinski definition) is 4. The average molecular weight is 606 g/mol. The molecule has 2 rings (SSSR count). The molecule has 11 heteroatoms. The first-order chi connectivity index (χ1) is 13.7. The number of carbonyl (C=O) groups excluding carboxylic acids is 1. The van der Waals surface area contributed by atoms with Crippen molar-refractivity contribution in [3.05, 3.63) is 54.5 Å². The summed E-state index contributed by atoms with van der Waals surface area (Å²) < 4.78 is 34.4. The summed E-state index contributed by atoms with van der Waals surface area (Å²) in [6, 6.07) is 6.10. The fraction of sp³-hybridized carbons (Fsp3) is 0.278. The summed E-state index contributed by atoms with van der Waals surface area (Å²) in [7, 11) is 0. The van der Waals surface area contributed by atoms with Gasteiger partial charge in [0, 0.05) is 10.1 Å². The highest BCUT2D eigenvalue weighted by atomic mass is 127. The Morgan fingerprint density at radius 3 is 2.69 bits per heavy atom. The number of aliphatic hydroxyl groups excluding tert-OH is 2. The Bertz CT molecular complexity index is 891. The van der Waals surface area contributed by atoms with Crippen LogP contribution in [-0.4, -0.2) is 48.6 Å². The minimum absolute atomic E-state index is 0.0529. The molecule has 0 spiro atoms. The van der Waals surface area contributed by atoms with Crippen LogP contribution in [-0.2, 0) is 4.74 Å². The second kappa shape index (κ2) is 11.4. The molecule has 0 saturated carbocycles. The van der Waals surface area contributed by atoms with Gasteiger partial charge in [0.15, 0.2) is 11.6 Å². The lowest BCUT2D eigenvalue weighted by atomic mass is 10.1. The highest BCUT2D eigenvalue weighted by molar-refractivity contribution is 14.1. The second-order valence-electron chi connectivity index (χ2n) is 5.83. The van der Waals surface area contributed by atoms with E-state index in [1.807, 2.05) is 0 Å². The average Bonchev–Trinajstić information content (AvgIpc) is 2.69. The van der Waals surface area contributed by atoms with E-state index in [9.17, 15) is 18.7 Å². The van der Waals surface area contributed by atoms with Crippen molar-refractivity contribution in [2.24, 2.45) is 0 Å². The van der Waals surface area contributed by atoms with Gasteiger partial charge in [-0.05, 0) is 62.8 Å². The summed E-state index contributed by atoms with van der Waals surface area (Å²) in [5, 5.41) is 23.4. The van der Waals surface area contributed by atoms with Crippen molar-refractivity contribution >= 4 is 67.4 Å². The van der Waals surface area contributed by atoms with Crippen molar-refractivity contribution in [1.82, 2.24) is 5.32 Å². The third kappa shape index (κ3) is 6.72. The van der Waals surface area contributed by atoms with Crippen LogP contribution in [0.2, 0.25) is 5.02 Å². The first kappa shape index (κ1) is 24.2. The van der Waals surface area contributed by atoms with E-state index < -0.39 is 30.3 Å². The maximum atomic E-state index is 14.6. The van der Waals surface area contributed by atoms with E-state index in [0.29, 0.717) is 5.69 Å². The van der Waals surface area contributed by atoms with Gasteiger partial charge in [0.1, 0.15) is 6.10 Å². The van der Waals surface area contributed by atoms with Crippen molar-refractivity contribution in [3.8, 4) is 0 Å². The number of nitrogens with one attached hydrogen (secondary N) is 2. The van der Waals surface area contributed by atoms with Crippen molar-refractivity contribution in [1.29, 1.82) is 0 Å². The van der Waals surface area contributed by atoms with Crippen LogP contribution >= 0.6 is 50.1 Å². The minimum atomic E-state index is -1.23. The van der Waals surface area contributed by atoms with Crippen LogP contribution in [0.25, 0.3) is 0 Å². The monoisotopic (exact) mass is 604 g/mol. The molecule has 4 N–H and O–H groups in total. The standard InChI is InChI=1S/C18H17BrClF2IN2O4/c19-12-6-11(18(28)24-3-4-29-8-10(27)7-26)17(16(22)15(12)21)25-14-2-1-9(23)5-13(14)20/h1-2,5-6,10,25-27H,3-4,7-8H2,(H,24,28). The quantitative estimate of drug-likeness (QED) is 0.198. The lowest BCUT2D eigenvalue weighted by Crippen LogP contribution is -2.29. The molecule has 1 atom stereocenters. The molecule has 0 aliphatic rings. The molecule has 1 unspecified atom stereocenters. The van der Waals surface area contributed by atoms with Crippen LogP contribution in [0.3, 0.4) is 0 Å². The van der Waals surface area contributed by atoms with Crippen LogP contribution in [0.5, 0.6) is 0 Å². The largest absolute Gasteiger partial charge is 0.394 e. The zero-order valence-corrected chi connectivity index (χ0v) is 19.3. The number of anilines is 2. The Morgan fingerprint density at radius 2 is 2.03 bits per heavy atom. The molecule has 2 aromatic rings. The summed E-state index contributed by atoms with van der Waals surface area (Å²) in [6.07, 6.45) is -1.01. The topological polar surface area (TPSA) is 90.8 Å². The zero-order chi connectivity index (χ0) is 21.6. The molecule has 29 heavy (non-hydrogen) atoms. The van der Waals surface area contributed by atoms with E-state index >= 15 is 0 Å². The third-order valence-electron chi connectivity index (χ3n) is 3.65. The molecule has 6 nitrogen and oxygen atoms in total. The molecule has 0 radical (unpaired) electrons. The van der Waals surface area contributed by atoms with E-state index in [0.717, 1.165) is 9.64 Å². The molecule has 0 aliphatic carbocycles. The molecule has 158 valence electrons. The molecular formula is C18H17BrClF2IN2O4. The molecule has 0 bridgehead atoms. The maximum Gasteiger partial charge on any atom is 0.253 e. The Morgan fingerprint density at radius 1 is 1.31 bits per heavy atom. The summed E-state index contributed by atoms with van der Waals surface area (Å²) in [6.45, 7) is -0.427. The summed E-state index contributed by atoms with van der Waals surface area (Å²) in [5.41, 5.74) is -0.188. The van der Waals surface area contributed by atoms with Crippen molar-refractivity contribution in [3.63, 3.8) is 0 Å². The smallest absolute Gasteiger partial charge is 0.253 e. The zero-order valence-electron chi connectivity index (χ0n) is 14.8. The van der Waals surface area contributed by atoms with Gasteiger partial charge >= 0.3 is 0 Å². The predicted molar refractivity (Wildman–Crippen MR) is 118 cm³/mol. The van der Waals surface area contributed by atoms with Crippen LogP contribution < -0.4 is 10.6 Å². The van der Waals surface area contributed by atoms with Gasteiger partial charge in [-0.25, -0.2) is 8.78 Å². The van der Waals surface area contributed by atoms with Crippen LogP contribution in [0, 0.1) is 15.2 Å². The van der Waals surface area contributed by atoms with Crippen molar-refractivity contribution in [2.45, 2.75) is 6.10 Å². The van der Waals surface area contributed by atoms with Crippen molar-refractivity contribution < 1.29 is 28.5 Å². The van der Waals surface area contributed by atoms with Gasteiger partial charge in [-0.1, -0.05) is 11.6 Å². The van der Waals surface area contributed by atoms with Gasteiger partial charge in [-0.15, -0.1) is 0 Å². The SMILES string of the molecule is O=C(NCCOCC(O)CO)c1cc(Br)c(F)c(F)c1Nc1ccc(I)cc1Cl. The number of carbonyl (C=O) groups is 1. The molecule has 1 amide bonds.